The molecule has 4 nitrogen and oxygen atoms in total. The number of nitrogens with zero attached hydrogens (tertiary/aromatic N) is 2. The van der Waals surface area contributed by atoms with E-state index in [-0.39, 0.29) is 11.3 Å². The van der Waals surface area contributed by atoms with E-state index < -0.39 is 17.5 Å². The Balaban J connectivity index is 1.82. The fourth-order valence-corrected chi connectivity index (χ4v) is 3.29. The molecule has 0 saturated carbocycles. The molecule has 6 heteroatoms. The number of benzene rings is 1. The summed E-state index contributed by atoms with van der Waals surface area (Å²) in [5.74, 6) is -2.07. The third-order valence-corrected chi connectivity index (χ3v) is 4.41. The molecular formula is C15H19F2N3O. The number of hydrogen-bond acceptors (Lipinski definition) is 3. The maximum Gasteiger partial charge on any atom is 0.256 e. The van der Waals surface area contributed by atoms with E-state index >= 15 is 0 Å². The van der Waals surface area contributed by atoms with Crippen LogP contribution in [0, 0.1) is 11.6 Å². The molecule has 3 rings (SSSR count). The maximum atomic E-state index is 13.9. The van der Waals surface area contributed by atoms with Crippen molar-refractivity contribution in [2.45, 2.75) is 25.3 Å². The van der Waals surface area contributed by atoms with Crippen LogP contribution in [0.25, 0.3) is 0 Å². The molecule has 114 valence electrons. The number of carbonyl (C=O) groups excluding carboxylic acids is 1. The summed E-state index contributed by atoms with van der Waals surface area (Å²) >= 11 is 0. The Morgan fingerprint density at radius 1 is 1.14 bits per heavy atom. The molecule has 1 aromatic carbocycles. The zero-order valence-corrected chi connectivity index (χ0v) is 11.8. The highest BCUT2D eigenvalue weighted by Gasteiger charge is 2.31. The van der Waals surface area contributed by atoms with E-state index in [9.17, 15) is 13.6 Å². The summed E-state index contributed by atoms with van der Waals surface area (Å²) in [6.45, 7) is 3.26. The molecule has 2 aliphatic rings. The molecule has 1 amide bonds. The number of halogens is 2. The van der Waals surface area contributed by atoms with E-state index in [1.807, 2.05) is 0 Å². The van der Waals surface area contributed by atoms with Gasteiger partial charge in [0, 0.05) is 31.7 Å². The van der Waals surface area contributed by atoms with Crippen LogP contribution in [-0.4, -0.2) is 47.9 Å². The molecule has 0 aromatic heterocycles. The second kappa shape index (κ2) is 5.60. The molecule has 0 radical (unpaired) electrons. The fraction of sp³-hybridized carbons (Fsp3) is 0.533. The number of hydrogen-bond donors (Lipinski definition) is 1. The lowest BCUT2D eigenvalue weighted by Gasteiger charge is -2.26. The van der Waals surface area contributed by atoms with Crippen LogP contribution in [0.2, 0.25) is 0 Å². The van der Waals surface area contributed by atoms with Crippen molar-refractivity contribution in [3.63, 3.8) is 0 Å². The van der Waals surface area contributed by atoms with Crippen molar-refractivity contribution in [3.05, 3.63) is 29.3 Å². The number of carbonyl (C=O) groups is 1. The summed E-state index contributed by atoms with van der Waals surface area (Å²) in [4.78, 5) is 16.6. The first-order valence-corrected chi connectivity index (χ1v) is 7.34. The van der Waals surface area contributed by atoms with Crippen molar-refractivity contribution < 1.29 is 13.6 Å². The lowest BCUT2D eigenvalue weighted by Crippen LogP contribution is -2.40. The third kappa shape index (κ3) is 2.72. The van der Waals surface area contributed by atoms with E-state index in [1.54, 1.807) is 4.90 Å². The fourth-order valence-electron chi connectivity index (χ4n) is 3.29. The predicted molar refractivity (Wildman–Crippen MR) is 75.9 cm³/mol. The molecule has 1 aromatic rings. The average molecular weight is 295 g/mol. The molecule has 0 bridgehead atoms. The highest BCUT2D eigenvalue weighted by Crippen LogP contribution is 2.24. The van der Waals surface area contributed by atoms with E-state index in [1.165, 1.54) is 0 Å². The lowest BCUT2D eigenvalue weighted by atomic mass is 10.1. The molecule has 2 aliphatic heterocycles. The number of nitrogens with two attached hydrogens (primary N) is 1. The Bertz CT molecular complexity index is 564. The highest BCUT2D eigenvalue weighted by atomic mass is 19.1. The van der Waals surface area contributed by atoms with Crippen molar-refractivity contribution in [2.75, 3.05) is 31.9 Å². The Labute approximate surface area is 122 Å². The Morgan fingerprint density at radius 2 is 1.90 bits per heavy atom. The van der Waals surface area contributed by atoms with Gasteiger partial charge in [-0.15, -0.1) is 0 Å². The van der Waals surface area contributed by atoms with Crippen LogP contribution in [-0.2, 0) is 0 Å². The molecule has 1 atom stereocenters. The van der Waals surface area contributed by atoms with E-state index in [0.717, 1.165) is 38.4 Å². The van der Waals surface area contributed by atoms with Crippen molar-refractivity contribution >= 4 is 11.6 Å². The van der Waals surface area contributed by atoms with Gasteiger partial charge >= 0.3 is 0 Å². The number of amides is 1. The standard InChI is InChI=1S/C15H19F2N3O/c16-12-8-13(17)14(18)7-11(12)15(21)20-6-2-5-19-4-1-3-10(19)9-20/h7-8,10H,1-6,9,18H2. The first-order chi connectivity index (χ1) is 10.1. The molecule has 21 heavy (non-hydrogen) atoms. The van der Waals surface area contributed by atoms with Gasteiger partial charge in [0.05, 0.1) is 11.3 Å². The molecule has 0 aliphatic carbocycles. The maximum absolute atomic E-state index is 13.9. The summed E-state index contributed by atoms with van der Waals surface area (Å²) in [5, 5.41) is 0. The zero-order valence-electron chi connectivity index (χ0n) is 11.8. The largest absolute Gasteiger partial charge is 0.396 e. The van der Waals surface area contributed by atoms with Gasteiger partial charge in [0.1, 0.15) is 11.6 Å². The Morgan fingerprint density at radius 3 is 2.71 bits per heavy atom. The topological polar surface area (TPSA) is 49.6 Å². The van der Waals surface area contributed by atoms with Gasteiger partial charge in [-0.25, -0.2) is 8.78 Å². The number of rotatable bonds is 1. The van der Waals surface area contributed by atoms with Crippen molar-refractivity contribution in [3.8, 4) is 0 Å². The number of nitrogen functional groups attached to an aromatic ring is 1. The monoisotopic (exact) mass is 295 g/mol. The zero-order chi connectivity index (χ0) is 15.0. The molecule has 2 saturated heterocycles. The van der Waals surface area contributed by atoms with Crippen LogP contribution in [0.5, 0.6) is 0 Å². The molecule has 2 heterocycles. The van der Waals surface area contributed by atoms with E-state index in [0.29, 0.717) is 25.2 Å². The number of fused-ring (bicyclic) bond motifs is 1. The summed E-state index contributed by atoms with van der Waals surface area (Å²) < 4.78 is 27.1. The minimum Gasteiger partial charge on any atom is -0.396 e. The first-order valence-electron chi connectivity index (χ1n) is 7.34. The van der Waals surface area contributed by atoms with Gasteiger partial charge in [-0.2, -0.15) is 0 Å². The summed E-state index contributed by atoms with van der Waals surface area (Å²) in [7, 11) is 0. The number of anilines is 1. The van der Waals surface area contributed by atoms with Crippen LogP contribution in [0.1, 0.15) is 29.6 Å². The first kappa shape index (κ1) is 14.3. The second-order valence-electron chi connectivity index (χ2n) is 5.79. The highest BCUT2D eigenvalue weighted by molar-refractivity contribution is 5.95. The predicted octanol–water partition coefficient (Wildman–Crippen LogP) is 1.86. The average Bonchev–Trinajstić information content (AvgIpc) is 2.79. The van der Waals surface area contributed by atoms with Crippen molar-refractivity contribution in [1.29, 1.82) is 0 Å². The van der Waals surface area contributed by atoms with E-state index in [2.05, 4.69) is 4.90 Å². The third-order valence-electron chi connectivity index (χ3n) is 4.41. The smallest absolute Gasteiger partial charge is 0.256 e. The van der Waals surface area contributed by atoms with Crippen molar-refractivity contribution in [2.24, 2.45) is 0 Å². The van der Waals surface area contributed by atoms with Crippen LogP contribution in [0.4, 0.5) is 14.5 Å². The second-order valence-corrected chi connectivity index (χ2v) is 5.79. The minimum atomic E-state index is -0.848. The van der Waals surface area contributed by atoms with Gasteiger partial charge in [0.15, 0.2) is 0 Å². The van der Waals surface area contributed by atoms with Gasteiger partial charge in [0.2, 0.25) is 0 Å². The van der Waals surface area contributed by atoms with Crippen LogP contribution < -0.4 is 5.73 Å². The SMILES string of the molecule is Nc1cc(C(=O)N2CCCN3CCCC3C2)c(F)cc1F. The van der Waals surface area contributed by atoms with Gasteiger partial charge in [-0.1, -0.05) is 0 Å². The molecule has 1 unspecified atom stereocenters. The van der Waals surface area contributed by atoms with Crippen molar-refractivity contribution in [1.82, 2.24) is 9.80 Å². The van der Waals surface area contributed by atoms with E-state index in [4.69, 9.17) is 5.73 Å². The molecule has 0 spiro atoms. The molecule has 2 fully saturated rings. The lowest BCUT2D eigenvalue weighted by molar-refractivity contribution is 0.0738. The summed E-state index contributed by atoms with van der Waals surface area (Å²) in [5.41, 5.74) is 5.12. The Kier molecular flexibility index (Phi) is 3.80. The summed E-state index contributed by atoms with van der Waals surface area (Å²) in [6.07, 6.45) is 3.09. The molecule has 2 N–H and O–H groups in total. The van der Waals surface area contributed by atoms with Crippen LogP contribution in [0.15, 0.2) is 12.1 Å². The minimum absolute atomic E-state index is 0.139. The van der Waals surface area contributed by atoms with Gasteiger partial charge in [0.25, 0.3) is 5.91 Å². The van der Waals surface area contributed by atoms with Crippen LogP contribution in [0.3, 0.4) is 0 Å². The summed E-state index contributed by atoms with van der Waals surface area (Å²) in [6, 6.07) is 2.14. The van der Waals surface area contributed by atoms with Gasteiger partial charge < -0.3 is 10.6 Å². The normalized spacial score (nSPS) is 23.0. The van der Waals surface area contributed by atoms with Gasteiger partial charge in [-0.3, -0.25) is 9.69 Å². The Hall–Kier alpha value is -1.69. The van der Waals surface area contributed by atoms with Gasteiger partial charge in [-0.05, 0) is 31.9 Å². The molecular weight excluding hydrogens is 276 g/mol. The van der Waals surface area contributed by atoms with Crippen LogP contribution >= 0.6 is 0 Å². The quantitative estimate of drug-likeness (QED) is 0.805.